The first-order valence-corrected chi connectivity index (χ1v) is 3.58. The molecule has 5 heteroatoms. The lowest BCUT2D eigenvalue weighted by Crippen LogP contribution is -2.44. The van der Waals surface area contributed by atoms with Gasteiger partial charge in [0.25, 0.3) is 0 Å². The summed E-state index contributed by atoms with van der Waals surface area (Å²) >= 11 is 0. The van der Waals surface area contributed by atoms with E-state index in [-0.39, 0.29) is 12.4 Å². The van der Waals surface area contributed by atoms with Crippen molar-refractivity contribution in [2.24, 2.45) is 0 Å². The Morgan fingerprint density at radius 2 is 2.00 bits per heavy atom. The van der Waals surface area contributed by atoms with Gasteiger partial charge in [-0.2, -0.15) is 0 Å². The van der Waals surface area contributed by atoms with E-state index in [1.165, 1.54) is 12.1 Å². The van der Waals surface area contributed by atoms with Gasteiger partial charge in [-0.05, 0) is 12.1 Å². The Labute approximate surface area is 72.5 Å². The van der Waals surface area contributed by atoms with Gasteiger partial charge in [0.1, 0.15) is 0 Å². The third-order valence-electron chi connectivity index (χ3n) is 1.80. The molecule has 0 spiro atoms. The van der Waals surface area contributed by atoms with Crippen molar-refractivity contribution in [3.8, 4) is 0 Å². The first-order valence-electron chi connectivity index (χ1n) is 3.58. The molecule has 13 heavy (non-hydrogen) atoms. The molecule has 3 nitrogen and oxygen atoms in total. The molecule has 1 fully saturated rings. The first-order chi connectivity index (χ1) is 6.13. The summed E-state index contributed by atoms with van der Waals surface area (Å²) in [5, 5.41) is 9.34. The number of ether oxygens (including phenoxy) is 2. The predicted molar refractivity (Wildman–Crippen MR) is 37.3 cm³/mol. The number of benzene rings is 1. The smallest absolute Gasteiger partial charge is 0.316 e. The quantitative estimate of drug-likeness (QED) is 0.716. The zero-order valence-corrected chi connectivity index (χ0v) is 6.46. The molecule has 1 aromatic carbocycles. The van der Waals surface area contributed by atoms with E-state index in [1.807, 2.05) is 0 Å². The topological polar surface area (TPSA) is 38.7 Å². The molecule has 1 saturated heterocycles. The van der Waals surface area contributed by atoms with E-state index in [1.54, 1.807) is 0 Å². The molecule has 0 atom stereocenters. The molecule has 0 aliphatic carbocycles. The Bertz CT molecular complexity index is 336. The Morgan fingerprint density at radius 3 is 2.54 bits per heavy atom. The fourth-order valence-electron chi connectivity index (χ4n) is 1.07. The fraction of sp³-hybridized carbons (Fsp3) is 0.250. The largest absolute Gasteiger partial charge is 0.339 e. The van der Waals surface area contributed by atoms with Crippen LogP contribution in [0.2, 0.25) is 0 Å². The molecule has 0 amide bonds. The first kappa shape index (κ1) is 8.55. The molecule has 0 bridgehead atoms. The number of hydrogen-bond acceptors (Lipinski definition) is 3. The monoisotopic (exact) mass is 188 g/mol. The highest BCUT2D eigenvalue weighted by Crippen LogP contribution is 2.33. The van der Waals surface area contributed by atoms with Crippen molar-refractivity contribution in [2.75, 3.05) is 6.79 Å². The van der Waals surface area contributed by atoms with Crippen LogP contribution in [0.25, 0.3) is 0 Å². The minimum absolute atomic E-state index is 0.132. The summed E-state index contributed by atoms with van der Waals surface area (Å²) in [6.45, 7) is -0.132. The van der Waals surface area contributed by atoms with Crippen LogP contribution in [0.5, 0.6) is 0 Å². The van der Waals surface area contributed by atoms with Gasteiger partial charge in [0.05, 0.1) is 5.56 Å². The lowest BCUT2D eigenvalue weighted by atomic mass is 10.1. The van der Waals surface area contributed by atoms with Gasteiger partial charge in [-0.25, -0.2) is 8.78 Å². The average Bonchev–Trinajstić information content (AvgIpc) is 2.06. The summed E-state index contributed by atoms with van der Waals surface area (Å²) in [7, 11) is 0. The van der Waals surface area contributed by atoms with Crippen LogP contribution in [0.4, 0.5) is 8.78 Å². The van der Waals surface area contributed by atoms with Crippen molar-refractivity contribution < 1.29 is 23.4 Å². The Kier molecular flexibility index (Phi) is 1.80. The molecule has 0 saturated carbocycles. The maximum absolute atomic E-state index is 13.0. The standard InChI is InChI=1S/C8H6F2O3/c9-6-3-1-2-5(7(6)10)8(11)12-4-13-8/h1-3,11H,4H2. The molecule has 1 N–H and O–H groups in total. The number of aliphatic hydroxyl groups is 1. The van der Waals surface area contributed by atoms with Crippen molar-refractivity contribution in [1.82, 2.24) is 0 Å². The van der Waals surface area contributed by atoms with E-state index in [9.17, 15) is 13.9 Å². The molecule has 0 aromatic heterocycles. The van der Waals surface area contributed by atoms with Crippen LogP contribution >= 0.6 is 0 Å². The maximum Gasteiger partial charge on any atom is 0.316 e. The zero-order valence-electron chi connectivity index (χ0n) is 6.46. The number of hydrogen-bond donors (Lipinski definition) is 1. The van der Waals surface area contributed by atoms with Crippen LogP contribution in [0.15, 0.2) is 18.2 Å². The summed E-state index contributed by atoms with van der Waals surface area (Å²) in [5.41, 5.74) is -0.348. The Morgan fingerprint density at radius 1 is 1.31 bits per heavy atom. The van der Waals surface area contributed by atoms with Gasteiger partial charge in [0, 0.05) is 0 Å². The van der Waals surface area contributed by atoms with Crippen molar-refractivity contribution in [3.05, 3.63) is 35.4 Å². The molecule has 70 valence electrons. The molecular weight excluding hydrogens is 182 g/mol. The average molecular weight is 188 g/mol. The van der Waals surface area contributed by atoms with E-state index in [2.05, 4.69) is 9.47 Å². The van der Waals surface area contributed by atoms with E-state index in [4.69, 9.17) is 0 Å². The van der Waals surface area contributed by atoms with Gasteiger partial charge in [0.15, 0.2) is 18.4 Å². The Balaban J connectivity index is 2.45. The lowest BCUT2D eigenvalue weighted by molar-refractivity contribution is -0.503. The second kappa shape index (κ2) is 2.73. The van der Waals surface area contributed by atoms with Crippen LogP contribution in [-0.2, 0) is 15.4 Å². The second-order valence-electron chi connectivity index (χ2n) is 2.59. The minimum Gasteiger partial charge on any atom is -0.339 e. The third kappa shape index (κ3) is 1.21. The van der Waals surface area contributed by atoms with E-state index in [0.717, 1.165) is 6.07 Å². The molecule has 1 heterocycles. The Hall–Kier alpha value is -1.04. The number of rotatable bonds is 1. The van der Waals surface area contributed by atoms with Gasteiger partial charge in [-0.15, -0.1) is 0 Å². The van der Waals surface area contributed by atoms with Gasteiger partial charge in [0.2, 0.25) is 0 Å². The highest BCUT2D eigenvalue weighted by molar-refractivity contribution is 5.22. The molecule has 0 unspecified atom stereocenters. The van der Waals surface area contributed by atoms with Crippen molar-refractivity contribution in [3.63, 3.8) is 0 Å². The highest BCUT2D eigenvalue weighted by Gasteiger charge is 2.42. The zero-order chi connectivity index (χ0) is 9.47. The van der Waals surface area contributed by atoms with Crippen molar-refractivity contribution >= 4 is 0 Å². The molecule has 1 aliphatic rings. The van der Waals surface area contributed by atoms with E-state index >= 15 is 0 Å². The van der Waals surface area contributed by atoms with Crippen LogP contribution in [0, 0.1) is 11.6 Å². The molecule has 1 aliphatic heterocycles. The maximum atomic E-state index is 13.0. The van der Waals surface area contributed by atoms with Crippen LogP contribution in [-0.4, -0.2) is 11.9 Å². The summed E-state index contributed by atoms with van der Waals surface area (Å²) in [6, 6.07) is 3.40. The van der Waals surface area contributed by atoms with Crippen molar-refractivity contribution in [2.45, 2.75) is 5.97 Å². The molecular formula is C8H6F2O3. The van der Waals surface area contributed by atoms with Gasteiger partial charge < -0.3 is 5.11 Å². The van der Waals surface area contributed by atoms with Gasteiger partial charge in [-0.1, -0.05) is 6.07 Å². The van der Waals surface area contributed by atoms with E-state index < -0.39 is 17.6 Å². The summed E-state index contributed by atoms with van der Waals surface area (Å²) in [4.78, 5) is 0. The summed E-state index contributed by atoms with van der Waals surface area (Å²) < 4.78 is 34.8. The predicted octanol–water partition coefficient (Wildman–Crippen LogP) is 1.07. The van der Waals surface area contributed by atoms with Gasteiger partial charge >= 0.3 is 5.97 Å². The van der Waals surface area contributed by atoms with Crippen LogP contribution in [0.1, 0.15) is 5.56 Å². The lowest BCUT2D eigenvalue weighted by Gasteiger charge is -2.36. The van der Waals surface area contributed by atoms with E-state index in [0.29, 0.717) is 0 Å². The third-order valence-corrected chi connectivity index (χ3v) is 1.80. The van der Waals surface area contributed by atoms with Gasteiger partial charge in [-0.3, -0.25) is 9.47 Å². The summed E-state index contributed by atoms with van der Waals surface area (Å²) in [5.74, 6) is -4.33. The molecule has 1 aromatic rings. The number of halogens is 2. The molecule has 0 radical (unpaired) electrons. The fourth-order valence-corrected chi connectivity index (χ4v) is 1.07. The second-order valence-corrected chi connectivity index (χ2v) is 2.59. The van der Waals surface area contributed by atoms with Crippen LogP contribution < -0.4 is 0 Å². The summed E-state index contributed by atoms with van der Waals surface area (Å²) in [6.07, 6.45) is 0. The normalized spacial score (nSPS) is 19.6. The SMILES string of the molecule is OC1(c2cccc(F)c2F)OCO1. The minimum atomic E-state index is -2.12. The highest BCUT2D eigenvalue weighted by atomic mass is 19.2. The van der Waals surface area contributed by atoms with Crippen molar-refractivity contribution in [1.29, 1.82) is 0 Å². The molecule has 2 rings (SSSR count). The van der Waals surface area contributed by atoms with Crippen LogP contribution in [0.3, 0.4) is 0 Å².